The van der Waals surface area contributed by atoms with Crippen molar-refractivity contribution in [3.8, 4) is 5.75 Å². The van der Waals surface area contributed by atoms with E-state index in [1.54, 1.807) is 6.07 Å². The molecule has 0 bridgehead atoms. The first kappa shape index (κ1) is 23.6. The van der Waals surface area contributed by atoms with Crippen LogP contribution in [0.3, 0.4) is 0 Å². The Labute approximate surface area is 185 Å². The first-order chi connectivity index (χ1) is 15.3. The molecule has 1 heterocycles. The van der Waals surface area contributed by atoms with Gasteiger partial charge in [-0.25, -0.2) is 17.6 Å². The predicted octanol–water partition coefficient (Wildman–Crippen LogP) is 2.29. The van der Waals surface area contributed by atoms with Crippen LogP contribution in [-0.4, -0.2) is 64.5 Å². The van der Waals surface area contributed by atoms with Gasteiger partial charge in [0.2, 0.25) is 10.0 Å². The molecule has 10 heteroatoms. The van der Waals surface area contributed by atoms with E-state index in [4.69, 9.17) is 14.2 Å². The maximum atomic E-state index is 13.0. The molecule has 170 valence electrons. The van der Waals surface area contributed by atoms with Gasteiger partial charge in [0.05, 0.1) is 20.3 Å². The van der Waals surface area contributed by atoms with Crippen molar-refractivity contribution in [1.82, 2.24) is 4.31 Å². The van der Waals surface area contributed by atoms with Gasteiger partial charge in [0, 0.05) is 24.7 Å². The lowest BCUT2D eigenvalue weighted by Gasteiger charge is -2.26. The summed E-state index contributed by atoms with van der Waals surface area (Å²) in [5.41, 5.74) is 0.649. The van der Waals surface area contributed by atoms with E-state index in [0.29, 0.717) is 18.8 Å². The molecular formula is C22H22FNO7S. The van der Waals surface area contributed by atoms with Crippen molar-refractivity contribution in [2.24, 2.45) is 0 Å². The molecule has 0 radical (unpaired) electrons. The summed E-state index contributed by atoms with van der Waals surface area (Å²) >= 11 is 0. The summed E-state index contributed by atoms with van der Waals surface area (Å²) in [6, 6.07) is 9.37. The maximum absolute atomic E-state index is 13.0. The van der Waals surface area contributed by atoms with Crippen LogP contribution in [0.4, 0.5) is 4.39 Å². The molecule has 1 saturated heterocycles. The van der Waals surface area contributed by atoms with Crippen molar-refractivity contribution in [2.45, 2.75) is 4.90 Å². The number of hydrogen-bond donors (Lipinski definition) is 0. The number of carbonyl (C=O) groups excluding carboxylic acids is 2. The summed E-state index contributed by atoms with van der Waals surface area (Å²) in [5, 5.41) is 0. The smallest absolute Gasteiger partial charge is 0.331 e. The van der Waals surface area contributed by atoms with E-state index in [1.807, 2.05) is 0 Å². The van der Waals surface area contributed by atoms with Crippen LogP contribution in [0, 0.1) is 5.82 Å². The Morgan fingerprint density at radius 3 is 2.47 bits per heavy atom. The molecule has 2 aromatic rings. The van der Waals surface area contributed by atoms with Crippen molar-refractivity contribution >= 4 is 27.9 Å². The summed E-state index contributed by atoms with van der Waals surface area (Å²) in [7, 11) is -2.44. The summed E-state index contributed by atoms with van der Waals surface area (Å²) in [5.74, 6) is -1.55. The third-order valence-corrected chi connectivity index (χ3v) is 6.62. The molecule has 1 aliphatic heterocycles. The zero-order valence-electron chi connectivity index (χ0n) is 17.3. The number of halogens is 1. The summed E-state index contributed by atoms with van der Waals surface area (Å²) < 4.78 is 55.6. The van der Waals surface area contributed by atoms with Crippen LogP contribution < -0.4 is 4.74 Å². The fraction of sp³-hybridized carbons (Fsp3) is 0.273. The van der Waals surface area contributed by atoms with Gasteiger partial charge in [0.15, 0.2) is 12.4 Å². The minimum atomic E-state index is -3.81. The third-order valence-electron chi connectivity index (χ3n) is 4.70. The lowest BCUT2D eigenvalue weighted by atomic mass is 10.1. The molecule has 1 fully saturated rings. The fourth-order valence-corrected chi connectivity index (χ4v) is 4.59. The molecule has 0 unspecified atom stereocenters. The molecule has 0 N–H and O–H groups in total. The van der Waals surface area contributed by atoms with Gasteiger partial charge >= 0.3 is 5.97 Å². The number of ketones is 1. The van der Waals surface area contributed by atoms with Gasteiger partial charge in [-0.05, 0) is 48.0 Å². The monoisotopic (exact) mass is 463 g/mol. The number of nitrogens with zero attached hydrogens (tertiary/aromatic N) is 1. The highest BCUT2D eigenvalue weighted by atomic mass is 32.2. The van der Waals surface area contributed by atoms with Gasteiger partial charge in [0.1, 0.15) is 16.5 Å². The number of rotatable bonds is 8. The van der Waals surface area contributed by atoms with Gasteiger partial charge in [-0.2, -0.15) is 4.31 Å². The molecule has 0 amide bonds. The quantitative estimate of drug-likeness (QED) is 0.336. The molecule has 0 aliphatic carbocycles. The van der Waals surface area contributed by atoms with Gasteiger partial charge in [-0.15, -0.1) is 0 Å². The molecule has 2 aromatic carbocycles. The van der Waals surface area contributed by atoms with Gasteiger partial charge in [-0.1, -0.05) is 6.07 Å². The Bertz CT molecular complexity index is 1110. The average Bonchev–Trinajstić information content (AvgIpc) is 2.82. The molecule has 0 atom stereocenters. The number of Topliss-reactive ketones (excluding diaryl/α,β-unsaturated/α-hetero) is 1. The van der Waals surface area contributed by atoms with Crippen LogP contribution >= 0.6 is 0 Å². The summed E-state index contributed by atoms with van der Waals surface area (Å²) in [6.45, 7) is 0.585. The Kier molecular flexibility index (Phi) is 7.73. The molecule has 1 aliphatic rings. The van der Waals surface area contributed by atoms with E-state index >= 15 is 0 Å². The minimum absolute atomic E-state index is 0.0242. The number of hydrogen-bond acceptors (Lipinski definition) is 7. The lowest BCUT2D eigenvalue weighted by Crippen LogP contribution is -2.40. The second-order valence-corrected chi connectivity index (χ2v) is 8.70. The Morgan fingerprint density at radius 2 is 1.81 bits per heavy atom. The van der Waals surface area contributed by atoms with Gasteiger partial charge in [0.25, 0.3) is 0 Å². The first-order valence-corrected chi connectivity index (χ1v) is 11.1. The van der Waals surface area contributed by atoms with E-state index in [0.717, 1.165) is 18.2 Å². The number of esters is 1. The molecule has 8 nitrogen and oxygen atoms in total. The van der Waals surface area contributed by atoms with Crippen molar-refractivity contribution in [3.63, 3.8) is 0 Å². The standard InChI is InChI=1S/C22H22FNO7S/c1-29-20-8-2-16(14-21(20)32(27,28)24-10-12-30-13-11-24)3-9-22(26)31-15-19(25)17-4-6-18(23)7-5-17/h2-9,14H,10-13,15H2,1H3. The van der Waals surface area contributed by atoms with Crippen molar-refractivity contribution in [2.75, 3.05) is 40.0 Å². The van der Waals surface area contributed by atoms with E-state index in [-0.39, 0.29) is 29.3 Å². The van der Waals surface area contributed by atoms with E-state index in [1.165, 1.54) is 41.8 Å². The average molecular weight is 463 g/mol. The fourth-order valence-electron chi connectivity index (χ4n) is 2.99. The first-order valence-electron chi connectivity index (χ1n) is 9.71. The number of morpholine rings is 1. The molecule has 3 rings (SSSR count). The summed E-state index contributed by atoms with van der Waals surface area (Å²) in [4.78, 5) is 23.9. The van der Waals surface area contributed by atoms with E-state index < -0.39 is 34.2 Å². The molecular weight excluding hydrogens is 441 g/mol. The van der Waals surface area contributed by atoms with Gasteiger partial charge < -0.3 is 14.2 Å². The highest BCUT2D eigenvalue weighted by Crippen LogP contribution is 2.28. The zero-order valence-corrected chi connectivity index (χ0v) is 18.1. The Balaban J connectivity index is 1.68. The molecule has 0 saturated carbocycles. The van der Waals surface area contributed by atoms with Crippen LogP contribution in [0.25, 0.3) is 6.08 Å². The Hall–Kier alpha value is -3.08. The maximum Gasteiger partial charge on any atom is 0.331 e. The third kappa shape index (κ3) is 5.78. The van der Waals surface area contributed by atoms with Crippen molar-refractivity contribution < 1.29 is 36.6 Å². The summed E-state index contributed by atoms with van der Waals surface area (Å²) in [6.07, 6.45) is 2.47. The largest absolute Gasteiger partial charge is 0.495 e. The second kappa shape index (κ2) is 10.5. The van der Waals surface area contributed by atoms with Crippen molar-refractivity contribution in [3.05, 3.63) is 65.5 Å². The number of methoxy groups -OCH3 is 1. The normalized spacial score (nSPS) is 14.9. The van der Waals surface area contributed by atoms with Crippen LogP contribution in [0.5, 0.6) is 5.75 Å². The molecule has 0 aromatic heterocycles. The second-order valence-electron chi connectivity index (χ2n) is 6.80. The number of ether oxygens (including phenoxy) is 3. The van der Waals surface area contributed by atoms with Crippen LogP contribution in [0.2, 0.25) is 0 Å². The minimum Gasteiger partial charge on any atom is -0.495 e. The number of sulfonamides is 1. The number of carbonyl (C=O) groups is 2. The Morgan fingerprint density at radius 1 is 1.12 bits per heavy atom. The van der Waals surface area contributed by atoms with Crippen LogP contribution in [-0.2, 0) is 24.3 Å². The van der Waals surface area contributed by atoms with Crippen LogP contribution in [0.15, 0.2) is 53.4 Å². The lowest BCUT2D eigenvalue weighted by molar-refractivity contribution is -0.136. The van der Waals surface area contributed by atoms with Crippen LogP contribution in [0.1, 0.15) is 15.9 Å². The highest BCUT2D eigenvalue weighted by Gasteiger charge is 2.29. The molecule has 0 spiro atoms. The zero-order chi connectivity index (χ0) is 23.1. The van der Waals surface area contributed by atoms with E-state index in [9.17, 15) is 22.4 Å². The van der Waals surface area contributed by atoms with Gasteiger partial charge in [-0.3, -0.25) is 4.79 Å². The highest BCUT2D eigenvalue weighted by molar-refractivity contribution is 7.89. The molecule has 32 heavy (non-hydrogen) atoms. The predicted molar refractivity (Wildman–Crippen MR) is 113 cm³/mol. The van der Waals surface area contributed by atoms with Crippen molar-refractivity contribution in [1.29, 1.82) is 0 Å². The number of benzene rings is 2. The SMILES string of the molecule is COc1ccc(C=CC(=O)OCC(=O)c2ccc(F)cc2)cc1S(=O)(=O)N1CCOCC1. The topological polar surface area (TPSA) is 99.2 Å². The van der Waals surface area contributed by atoms with E-state index in [2.05, 4.69) is 0 Å².